The fraction of sp³-hybridized carbons (Fsp3) is 0.613. The van der Waals surface area contributed by atoms with E-state index in [1.165, 1.54) is 6.92 Å². The standard InChI is InChI=1S/C31H36O11/c1-14-12-18-30(13-38-18,41-16(3)32)22-25(39-26(36)17-10-8-7-9-11-17)31-24(40-27(37)42-31)20(33)15(2)19(28(31,4)5)21(34)23(35)29(14,22)6/h7-11,14,18,20-22,24-25,33-34H,12-13H2,1-6H3/t14-,18?,20+,21+,22-,24-,25-,29+,30-,31+/m0/s1. The lowest BCUT2D eigenvalue weighted by Crippen LogP contribution is -2.82. The van der Waals surface area contributed by atoms with Gasteiger partial charge in [0.2, 0.25) is 5.60 Å². The van der Waals surface area contributed by atoms with Crippen LogP contribution in [0.3, 0.4) is 0 Å². The minimum atomic E-state index is -1.94. The zero-order valence-corrected chi connectivity index (χ0v) is 24.4. The van der Waals surface area contributed by atoms with Crippen molar-refractivity contribution in [2.45, 2.75) is 89.7 Å². The van der Waals surface area contributed by atoms with Gasteiger partial charge in [0, 0.05) is 17.8 Å². The summed E-state index contributed by atoms with van der Waals surface area (Å²) >= 11 is 0. The Morgan fingerprint density at radius 1 is 1.07 bits per heavy atom. The zero-order chi connectivity index (χ0) is 30.6. The van der Waals surface area contributed by atoms with Crippen molar-refractivity contribution in [2.24, 2.45) is 22.7 Å². The van der Waals surface area contributed by atoms with E-state index in [1.54, 1.807) is 58.0 Å². The monoisotopic (exact) mass is 584 g/mol. The average molecular weight is 585 g/mol. The van der Waals surface area contributed by atoms with Crippen molar-refractivity contribution >= 4 is 23.9 Å². The van der Waals surface area contributed by atoms with Gasteiger partial charge in [0.05, 0.1) is 18.1 Å². The number of fused-ring (bicyclic) bond motifs is 4. The number of benzene rings is 1. The van der Waals surface area contributed by atoms with E-state index in [1.807, 2.05) is 6.92 Å². The van der Waals surface area contributed by atoms with Crippen LogP contribution in [0.5, 0.6) is 0 Å². The summed E-state index contributed by atoms with van der Waals surface area (Å²) in [7, 11) is 0. The molecule has 3 aliphatic carbocycles. The van der Waals surface area contributed by atoms with Crippen molar-refractivity contribution in [3.05, 3.63) is 47.0 Å². The van der Waals surface area contributed by atoms with Gasteiger partial charge in [-0.05, 0) is 42.5 Å². The third-order valence-corrected chi connectivity index (χ3v) is 10.9. The highest BCUT2D eigenvalue weighted by atomic mass is 16.8. The number of esters is 2. The van der Waals surface area contributed by atoms with Crippen molar-refractivity contribution in [3.63, 3.8) is 0 Å². The predicted molar refractivity (Wildman–Crippen MR) is 143 cm³/mol. The summed E-state index contributed by atoms with van der Waals surface area (Å²) in [5, 5.41) is 23.4. The van der Waals surface area contributed by atoms with E-state index in [4.69, 9.17) is 23.7 Å². The first-order valence-corrected chi connectivity index (χ1v) is 14.2. The van der Waals surface area contributed by atoms with Gasteiger partial charge in [0.15, 0.2) is 23.6 Å². The molecule has 2 saturated heterocycles. The first kappa shape index (κ1) is 28.8. The average Bonchev–Trinajstić information content (AvgIpc) is 3.30. The first-order chi connectivity index (χ1) is 19.6. The Balaban J connectivity index is 1.70. The van der Waals surface area contributed by atoms with E-state index < -0.39 is 88.3 Å². The Morgan fingerprint density at radius 3 is 2.33 bits per heavy atom. The number of carbonyl (C=O) groups is 4. The molecule has 11 nitrogen and oxygen atoms in total. The van der Waals surface area contributed by atoms with E-state index in [2.05, 4.69) is 0 Å². The van der Waals surface area contributed by atoms with Crippen LogP contribution in [0.2, 0.25) is 0 Å². The van der Waals surface area contributed by atoms with Crippen LogP contribution in [0.15, 0.2) is 41.5 Å². The van der Waals surface area contributed by atoms with Crippen molar-refractivity contribution in [2.75, 3.05) is 6.61 Å². The molecule has 2 saturated carbocycles. The van der Waals surface area contributed by atoms with E-state index >= 15 is 0 Å². The van der Waals surface area contributed by atoms with Crippen LogP contribution in [-0.4, -0.2) is 82.4 Å². The molecule has 6 rings (SSSR count). The molecule has 1 aromatic carbocycles. The van der Waals surface area contributed by atoms with E-state index in [0.29, 0.717) is 6.42 Å². The van der Waals surface area contributed by atoms with Gasteiger partial charge in [0.25, 0.3) is 0 Å². The lowest BCUT2D eigenvalue weighted by Gasteiger charge is -2.67. The highest BCUT2D eigenvalue weighted by molar-refractivity contribution is 5.94. The van der Waals surface area contributed by atoms with Crippen molar-refractivity contribution < 1.29 is 53.1 Å². The number of ketones is 1. The fourth-order valence-electron chi connectivity index (χ4n) is 8.70. The number of hydrogen-bond donors (Lipinski definition) is 2. The maximum absolute atomic E-state index is 14.6. The number of ether oxygens (including phenoxy) is 5. The molecule has 4 fully saturated rings. The second-order valence-electron chi connectivity index (χ2n) is 13.1. The van der Waals surface area contributed by atoms with Gasteiger partial charge in [-0.1, -0.05) is 45.9 Å². The summed E-state index contributed by atoms with van der Waals surface area (Å²) in [6, 6.07) is 8.18. The minimum absolute atomic E-state index is 0.118. The Labute approximate surface area is 243 Å². The topological polar surface area (TPSA) is 155 Å². The molecule has 2 N–H and O–H groups in total. The van der Waals surface area contributed by atoms with Crippen LogP contribution in [0.1, 0.15) is 58.3 Å². The number of carbonyl (C=O) groups excluding carboxylic acids is 4. The molecule has 1 unspecified atom stereocenters. The quantitative estimate of drug-likeness (QED) is 0.306. The van der Waals surface area contributed by atoms with Gasteiger partial charge in [-0.15, -0.1) is 0 Å². The summed E-state index contributed by atoms with van der Waals surface area (Å²) < 4.78 is 30.0. The van der Waals surface area contributed by atoms with Gasteiger partial charge in [-0.25, -0.2) is 9.59 Å². The van der Waals surface area contributed by atoms with Gasteiger partial charge >= 0.3 is 18.1 Å². The van der Waals surface area contributed by atoms with Crippen LogP contribution >= 0.6 is 0 Å². The molecule has 0 radical (unpaired) electrons. The maximum Gasteiger partial charge on any atom is 0.509 e. The summed E-state index contributed by atoms with van der Waals surface area (Å²) in [4.78, 5) is 54.2. The summed E-state index contributed by atoms with van der Waals surface area (Å²) in [6.07, 6.45) is -7.54. The van der Waals surface area contributed by atoms with Crippen LogP contribution < -0.4 is 0 Å². The number of aliphatic hydroxyl groups is 2. The molecule has 2 heterocycles. The number of aliphatic hydroxyl groups excluding tert-OH is 2. The van der Waals surface area contributed by atoms with E-state index in [0.717, 1.165) is 0 Å². The maximum atomic E-state index is 14.6. The SMILES string of the molecule is CC(=O)O[C@@]12COC1C[C@H](C)[C@@]1(C)C(=O)[C@H](O)C3=C(C)[C@@H](O)[C@@H]4OC(=O)O[C@]4([C@@H](OC(=O)c4ccccc4)[C@@H]12)C3(C)C. The highest BCUT2D eigenvalue weighted by Crippen LogP contribution is 2.67. The number of rotatable bonds is 3. The minimum Gasteiger partial charge on any atom is -0.454 e. The molecule has 0 aromatic heterocycles. The lowest BCUT2D eigenvalue weighted by atomic mass is 9.43. The van der Waals surface area contributed by atoms with Crippen LogP contribution in [-0.2, 0) is 33.3 Å². The lowest BCUT2D eigenvalue weighted by molar-refractivity contribution is -0.340. The molecule has 42 heavy (non-hydrogen) atoms. The predicted octanol–water partition coefficient (Wildman–Crippen LogP) is 2.51. The third-order valence-electron chi connectivity index (χ3n) is 10.9. The molecule has 5 aliphatic rings. The second-order valence-corrected chi connectivity index (χ2v) is 13.1. The summed E-state index contributed by atoms with van der Waals surface area (Å²) in [5.74, 6) is -3.63. The largest absolute Gasteiger partial charge is 0.509 e. The molecule has 0 amide bonds. The van der Waals surface area contributed by atoms with E-state index in [-0.39, 0.29) is 23.3 Å². The van der Waals surface area contributed by atoms with Gasteiger partial charge in [-0.2, -0.15) is 0 Å². The molecule has 226 valence electrons. The molecule has 2 bridgehead atoms. The molecule has 2 aliphatic heterocycles. The fourth-order valence-corrected chi connectivity index (χ4v) is 8.70. The first-order valence-electron chi connectivity index (χ1n) is 14.2. The van der Waals surface area contributed by atoms with Crippen LogP contribution in [0.25, 0.3) is 0 Å². The number of Topliss-reactive ketones (excluding diaryl/α,β-unsaturated/α-hetero) is 1. The highest BCUT2D eigenvalue weighted by Gasteiger charge is 2.82. The molecular formula is C31H36O11. The van der Waals surface area contributed by atoms with Crippen molar-refractivity contribution in [1.82, 2.24) is 0 Å². The van der Waals surface area contributed by atoms with Gasteiger partial charge < -0.3 is 33.9 Å². The Morgan fingerprint density at radius 2 is 1.74 bits per heavy atom. The molecule has 1 spiro atoms. The Hall–Kier alpha value is -3.28. The van der Waals surface area contributed by atoms with Crippen molar-refractivity contribution in [3.8, 4) is 0 Å². The van der Waals surface area contributed by atoms with Gasteiger partial charge in [0.1, 0.15) is 18.3 Å². The van der Waals surface area contributed by atoms with Gasteiger partial charge in [-0.3, -0.25) is 9.59 Å². The molecule has 11 heteroatoms. The van der Waals surface area contributed by atoms with Crippen LogP contribution in [0.4, 0.5) is 4.79 Å². The second kappa shape index (κ2) is 9.11. The number of hydrogen-bond acceptors (Lipinski definition) is 11. The smallest absolute Gasteiger partial charge is 0.454 e. The van der Waals surface area contributed by atoms with Crippen molar-refractivity contribution in [1.29, 1.82) is 0 Å². The van der Waals surface area contributed by atoms with Crippen LogP contribution in [0, 0.1) is 22.7 Å². The van der Waals surface area contributed by atoms with E-state index in [9.17, 15) is 29.4 Å². The normalized spacial score (nSPS) is 43.3. The summed E-state index contributed by atoms with van der Waals surface area (Å²) in [6.45, 7) is 9.51. The Bertz CT molecular complexity index is 1400. The zero-order valence-electron chi connectivity index (χ0n) is 24.4. The molecule has 10 atom stereocenters. The molecular weight excluding hydrogens is 548 g/mol. The molecule has 1 aromatic rings. The third kappa shape index (κ3) is 3.38. The Kier molecular flexibility index (Phi) is 6.25. The summed E-state index contributed by atoms with van der Waals surface area (Å²) in [5.41, 5.74) is -5.70.